The van der Waals surface area contributed by atoms with Crippen LogP contribution in [0.3, 0.4) is 0 Å². The maximum Gasteiger partial charge on any atom is 0.233 e. The van der Waals surface area contributed by atoms with Gasteiger partial charge in [-0.25, -0.2) is 0 Å². The van der Waals surface area contributed by atoms with Gasteiger partial charge in [0.05, 0.1) is 11.9 Å². The van der Waals surface area contributed by atoms with E-state index in [0.29, 0.717) is 25.1 Å². The Bertz CT molecular complexity index is 480. The highest BCUT2D eigenvalue weighted by molar-refractivity contribution is 8.00. The van der Waals surface area contributed by atoms with Gasteiger partial charge < -0.3 is 14.6 Å². The molecule has 0 aromatic carbocycles. The van der Waals surface area contributed by atoms with Crippen molar-refractivity contribution in [2.24, 2.45) is 5.92 Å². The minimum atomic E-state index is -0.181. The molecule has 3 atom stereocenters. The van der Waals surface area contributed by atoms with Gasteiger partial charge in [0, 0.05) is 19.7 Å². The van der Waals surface area contributed by atoms with Gasteiger partial charge in [-0.3, -0.25) is 4.79 Å². The molecule has 22 heavy (non-hydrogen) atoms. The van der Waals surface area contributed by atoms with Gasteiger partial charge in [0.1, 0.15) is 6.33 Å². The first-order valence-corrected chi connectivity index (χ1v) is 8.83. The summed E-state index contributed by atoms with van der Waals surface area (Å²) < 4.78 is 6.99. The van der Waals surface area contributed by atoms with E-state index in [1.165, 1.54) is 31.0 Å². The van der Waals surface area contributed by atoms with Gasteiger partial charge in [0.15, 0.2) is 5.16 Å². The predicted molar refractivity (Wildman–Crippen MR) is 86.8 cm³/mol. The average molecular weight is 326 g/mol. The summed E-state index contributed by atoms with van der Waals surface area (Å²) in [7, 11) is 1.67. The zero-order valence-electron chi connectivity index (χ0n) is 13.6. The molecule has 1 aliphatic carbocycles. The number of carbonyl (C=O) groups is 1. The second-order valence-electron chi connectivity index (χ2n) is 5.94. The fraction of sp³-hybridized carbons (Fsp3) is 0.800. The van der Waals surface area contributed by atoms with E-state index in [9.17, 15) is 4.79 Å². The molecule has 1 aromatic rings. The first kappa shape index (κ1) is 17.3. The maximum absolute atomic E-state index is 12.4. The Morgan fingerprint density at radius 3 is 3.05 bits per heavy atom. The molecule has 3 unspecified atom stereocenters. The number of nitrogens with one attached hydrogen (secondary N) is 1. The fourth-order valence-electron chi connectivity index (χ4n) is 2.72. The summed E-state index contributed by atoms with van der Waals surface area (Å²) in [6, 6.07) is 0.315. The van der Waals surface area contributed by atoms with E-state index in [2.05, 4.69) is 22.4 Å². The lowest BCUT2D eigenvalue weighted by atomic mass is 9.86. The third kappa shape index (κ3) is 4.71. The topological polar surface area (TPSA) is 69.0 Å². The van der Waals surface area contributed by atoms with Crippen LogP contribution >= 0.6 is 11.8 Å². The fourth-order valence-corrected chi connectivity index (χ4v) is 3.58. The van der Waals surface area contributed by atoms with Crippen molar-refractivity contribution in [2.75, 3.05) is 13.7 Å². The molecule has 1 N–H and O–H groups in total. The molecule has 1 saturated carbocycles. The van der Waals surface area contributed by atoms with E-state index >= 15 is 0 Å². The summed E-state index contributed by atoms with van der Waals surface area (Å²) in [5.74, 6) is 0.658. The monoisotopic (exact) mass is 326 g/mol. The van der Waals surface area contributed by atoms with Crippen LogP contribution in [0.5, 0.6) is 0 Å². The van der Waals surface area contributed by atoms with E-state index in [1.54, 1.807) is 13.4 Å². The number of hydrogen-bond acceptors (Lipinski definition) is 5. The number of carbonyl (C=O) groups excluding carboxylic acids is 1. The van der Waals surface area contributed by atoms with Crippen LogP contribution in [0.4, 0.5) is 0 Å². The number of hydrogen-bond donors (Lipinski definition) is 1. The molecule has 1 aliphatic rings. The normalized spacial score (nSPS) is 23.2. The Morgan fingerprint density at radius 2 is 2.32 bits per heavy atom. The second-order valence-corrected chi connectivity index (χ2v) is 7.24. The van der Waals surface area contributed by atoms with Crippen LogP contribution in [0, 0.1) is 5.92 Å². The molecule has 6 nitrogen and oxygen atoms in total. The van der Waals surface area contributed by atoms with Crippen molar-refractivity contribution in [3.8, 4) is 0 Å². The number of methoxy groups -OCH3 is 1. The predicted octanol–water partition coefficient (Wildman–Crippen LogP) is 2.10. The number of ether oxygens (including phenoxy) is 1. The lowest BCUT2D eigenvalue weighted by Gasteiger charge is -2.30. The van der Waals surface area contributed by atoms with Crippen molar-refractivity contribution in [3.63, 3.8) is 0 Å². The molecule has 0 spiro atoms. The van der Waals surface area contributed by atoms with Gasteiger partial charge in [-0.1, -0.05) is 31.5 Å². The third-order valence-electron chi connectivity index (χ3n) is 4.21. The van der Waals surface area contributed by atoms with Crippen molar-refractivity contribution in [3.05, 3.63) is 6.33 Å². The van der Waals surface area contributed by atoms with Gasteiger partial charge in [0.2, 0.25) is 5.91 Å². The van der Waals surface area contributed by atoms with E-state index in [1.807, 2.05) is 11.5 Å². The third-order valence-corrected chi connectivity index (χ3v) is 5.30. The quantitative estimate of drug-likeness (QED) is 0.777. The van der Waals surface area contributed by atoms with Crippen molar-refractivity contribution in [1.82, 2.24) is 20.1 Å². The molecule has 2 rings (SSSR count). The molecule has 1 amide bonds. The lowest BCUT2D eigenvalue weighted by molar-refractivity contribution is -0.121. The molecular formula is C15H26N4O2S. The van der Waals surface area contributed by atoms with E-state index in [0.717, 1.165) is 11.6 Å². The number of thioether (sulfide) groups is 1. The molecular weight excluding hydrogens is 300 g/mol. The molecule has 0 bridgehead atoms. The van der Waals surface area contributed by atoms with Crippen molar-refractivity contribution >= 4 is 17.7 Å². The van der Waals surface area contributed by atoms with Gasteiger partial charge in [-0.05, 0) is 25.7 Å². The first-order chi connectivity index (χ1) is 10.6. The summed E-state index contributed by atoms with van der Waals surface area (Å²) in [4.78, 5) is 12.4. The molecule has 1 heterocycles. The zero-order valence-corrected chi connectivity index (χ0v) is 14.4. The Balaban J connectivity index is 1.87. The van der Waals surface area contributed by atoms with Crippen LogP contribution in [0.15, 0.2) is 11.5 Å². The molecule has 7 heteroatoms. The summed E-state index contributed by atoms with van der Waals surface area (Å²) in [5.41, 5.74) is 0. The largest absolute Gasteiger partial charge is 0.383 e. The molecule has 124 valence electrons. The van der Waals surface area contributed by atoms with Crippen LogP contribution in [0.1, 0.15) is 39.5 Å². The van der Waals surface area contributed by atoms with Crippen LogP contribution in [0.2, 0.25) is 0 Å². The van der Waals surface area contributed by atoms with Gasteiger partial charge >= 0.3 is 0 Å². The number of rotatable bonds is 7. The standard InChI is InChI=1S/C15H26N4O2S/c1-11-6-4-5-7-13(11)17-14(20)12(2)22-15-18-16-10-19(15)8-9-21-3/h10-13H,4-9H2,1-3H3,(H,17,20). The zero-order chi connectivity index (χ0) is 15.9. The van der Waals surface area contributed by atoms with E-state index in [-0.39, 0.29) is 11.2 Å². The van der Waals surface area contributed by atoms with Crippen molar-refractivity contribution < 1.29 is 9.53 Å². The Labute approximate surface area is 136 Å². The molecule has 0 aliphatic heterocycles. The van der Waals surface area contributed by atoms with Crippen molar-refractivity contribution in [2.45, 2.75) is 62.5 Å². The number of amides is 1. The molecule has 1 fully saturated rings. The SMILES string of the molecule is COCCn1cnnc1SC(C)C(=O)NC1CCCCC1C. The van der Waals surface area contributed by atoms with Crippen LogP contribution in [0.25, 0.3) is 0 Å². The maximum atomic E-state index is 12.4. The molecule has 1 aromatic heterocycles. The lowest BCUT2D eigenvalue weighted by Crippen LogP contribution is -2.44. The highest BCUT2D eigenvalue weighted by Crippen LogP contribution is 2.25. The van der Waals surface area contributed by atoms with Crippen LogP contribution in [-0.4, -0.2) is 45.7 Å². The average Bonchev–Trinajstić information content (AvgIpc) is 2.94. The van der Waals surface area contributed by atoms with Gasteiger partial charge in [0.25, 0.3) is 0 Å². The smallest absolute Gasteiger partial charge is 0.233 e. The summed E-state index contributed by atoms with van der Waals surface area (Å²) in [6.45, 7) is 5.44. The number of nitrogens with zero attached hydrogens (tertiary/aromatic N) is 3. The highest BCUT2D eigenvalue weighted by atomic mass is 32.2. The summed E-state index contributed by atoms with van der Waals surface area (Å²) >= 11 is 1.45. The molecule has 0 radical (unpaired) electrons. The minimum Gasteiger partial charge on any atom is -0.383 e. The Kier molecular flexibility index (Phi) is 6.70. The summed E-state index contributed by atoms with van der Waals surface area (Å²) in [6.07, 6.45) is 6.46. The highest BCUT2D eigenvalue weighted by Gasteiger charge is 2.25. The van der Waals surface area contributed by atoms with E-state index in [4.69, 9.17) is 4.74 Å². The second kappa shape index (κ2) is 8.53. The Hall–Kier alpha value is -1.08. The number of aromatic nitrogens is 3. The minimum absolute atomic E-state index is 0.0880. The van der Waals surface area contributed by atoms with Gasteiger partial charge in [-0.2, -0.15) is 0 Å². The van der Waals surface area contributed by atoms with Crippen LogP contribution in [-0.2, 0) is 16.1 Å². The van der Waals surface area contributed by atoms with Crippen molar-refractivity contribution in [1.29, 1.82) is 0 Å². The van der Waals surface area contributed by atoms with E-state index < -0.39 is 0 Å². The van der Waals surface area contributed by atoms with Crippen LogP contribution < -0.4 is 5.32 Å². The first-order valence-electron chi connectivity index (χ1n) is 7.95. The Morgan fingerprint density at radius 1 is 1.55 bits per heavy atom. The van der Waals surface area contributed by atoms with Gasteiger partial charge in [-0.15, -0.1) is 10.2 Å². The molecule has 0 saturated heterocycles. The summed E-state index contributed by atoms with van der Waals surface area (Å²) in [5, 5.41) is 11.8.